The Balaban J connectivity index is 4.32. The SMILES string of the molecule is CCCCN(CC)CC(CC)(CC)CNC. The molecule has 0 aliphatic rings. The Morgan fingerprint density at radius 2 is 1.69 bits per heavy atom. The molecule has 0 radical (unpaired) electrons. The van der Waals surface area contributed by atoms with Crippen molar-refractivity contribution >= 4 is 0 Å². The summed E-state index contributed by atoms with van der Waals surface area (Å²) in [5.41, 5.74) is 0.471. The molecule has 98 valence electrons. The first-order chi connectivity index (χ1) is 7.67. The van der Waals surface area contributed by atoms with E-state index < -0.39 is 0 Å². The van der Waals surface area contributed by atoms with Crippen molar-refractivity contribution in [3.05, 3.63) is 0 Å². The van der Waals surface area contributed by atoms with E-state index in [0.717, 1.165) is 6.54 Å². The fraction of sp³-hybridized carbons (Fsp3) is 1.00. The van der Waals surface area contributed by atoms with Crippen molar-refractivity contribution in [1.82, 2.24) is 10.2 Å². The Hall–Kier alpha value is -0.0800. The summed E-state index contributed by atoms with van der Waals surface area (Å²) < 4.78 is 0. The second kappa shape index (κ2) is 9.00. The summed E-state index contributed by atoms with van der Waals surface area (Å²) in [6.07, 6.45) is 5.17. The van der Waals surface area contributed by atoms with Gasteiger partial charge >= 0.3 is 0 Å². The lowest BCUT2D eigenvalue weighted by Gasteiger charge is -2.37. The number of unbranched alkanes of at least 4 members (excludes halogenated alkanes) is 1. The van der Waals surface area contributed by atoms with Crippen LogP contribution < -0.4 is 5.32 Å². The minimum atomic E-state index is 0.471. The third-order valence-corrected chi connectivity index (χ3v) is 3.89. The summed E-state index contributed by atoms with van der Waals surface area (Å²) in [4.78, 5) is 2.62. The van der Waals surface area contributed by atoms with E-state index in [1.807, 2.05) is 0 Å². The van der Waals surface area contributed by atoms with E-state index in [4.69, 9.17) is 0 Å². The molecule has 0 saturated carbocycles. The molecule has 2 heteroatoms. The normalized spacial score (nSPS) is 12.4. The van der Waals surface area contributed by atoms with Crippen LogP contribution in [0.25, 0.3) is 0 Å². The summed E-state index contributed by atoms with van der Waals surface area (Å²) >= 11 is 0. The van der Waals surface area contributed by atoms with Crippen LogP contribution in [0.15, 0.2) is 0 Å². The standard InChI is InChI=1S/C14H32N2/c1-6-10-11-16(9-4)13-14(7-2,8-3)12-15-5/h15H,6-13H2,1-5H3. The Labute approximate surface area is 103 Å². The Bertz CT molecular complexity index is 153. The summed E-state index contributed by atoms with van der Waals surface area (Å²) in [7, 11) is 2.07. The Morgan fingerprint density at radius 3 is 2.06 bits per heavy atom. The number of nitrogens with zero attached hydrogens (tertiary/aromatic N) is 1. The van der Waals surface area contributed by atoms with Gasteiger partial charge in [0.1, 0.15) is 0 Å². The summed E-state index contributed by atoms with van der Waals surface area (Å²) in [6, 6.07) is 0. The second-order valence-corrected chi connectivity index (χ2v) is 4.96. The highest BCUT2D eigenvalue weighted by atomic mass is 15.1. The molecule has 0 bridgehead atoms. The lowest BCUT2D eigenvalue weighted by molar-refractivity contribution is 0.139. The minimum Gasteiger partial charge on any atom is -0.319 e. The zero-order chi connectivity index (χ0) is 12.4. The maximum Gasteiger partial charge on any atom is 0.00498 e. The average molecular weight is 228 g/mol. The second-order valence-electron chi connectivity index (χ2n) is 4.96. The Morgan fingerprint density at radius 1 is 1.06 bits per heavy atom. The molecule has 0 aromatic heterocycles. The lowest BCUT2D eigenvalue weighted by Crippen LogP contribution is -2.43. The van der Waals surface area contributed by atoms with Gasteiger partial charge in [0, 0.05) is 13.1 Å². The van der Waals surface area contributed by atoms with Crippen LogP contribution in [0.1, 0.15) is 53.4 Å². The molecule has 16 heavy (non-hydrogen) atoms. The van der Waals surface area contributed by atoms with Gasteiger partial charge in [0.25, 0.3) is 0 Å². The molecule has 0 rings (SSSR count). The van der Waals surface area contributed by atoms with Crippen molar-refractivity contribution in [1.29, 1.82) is 0 Å². The lowest BCUT2D eigenvalue weighted by atomic mass is 9.81. The number of hydrogen-bond acceptors (Lipinski definition) is 2. The predicted molar refractivity (Wildman–Crippen MR) is 74.0 cm³/mol. The number of hydrogen-bond donors (Lipinski definition) is 1. The van der Waals surface area contributed by atoms with Crippen LogP contribution in [0.4, 0.5) is 0 Å². The van der Waals surface area contributed by atoms with Crippen molar-refractivity contribution in [2.75, 3.05) is 33.2 Å². The molecule has 1 N–H and O–H groups in total. The van der Waals surface area contributed by atoms with E-state index in [1.54, 1.807) is 0 Å². The zero-order valence-electron chi connectivity index (χ0n) is 12.1. The molecular weight excluding hydrogens is 196 g/mol. The molecule has 0 amide bonds. The summed E-state index contributed by atoms with van der Waals surface area (Å²) in [6.45, 7) is 14.0. The van der Waals surface area contributed by atoms with Crippen LogP contribution in [-0.4, -0.2) is 38.1 Å². The number of nitrogens with one attached hydrogen (secondary N) is 1. The molecule has 0 heterocycles. The third-order valence-electron chi connectivity index (χ3n) is 3.89. The topological polar surface area (TPSA) is 15.3 Å². The molecule has 0 aromatic carbocycles. The largest absolute Gasteiger partial charge is 0.319 e. The fourth-order valence-corrected chi connectivity index (χ4v) is 2.36. The van der Waals surface area contributed by atoms with Gasteiger partial charge in [0.2, 0.25) is 0 Å². The van der Waals surface area contributed by atoms with E-state index in [2.05, 4.69) is 45.0 Å². The van der Waals surface area contributed by atoms with Crippen molar-refractivity contribution in [2.45, 2.75) is 53.4 Å². The van der Waals surface area contributed by atoms with Crippen LogP contribution in [0.5, 0.6) is 0 Å². The number of rotatable bonds is 10. The maximum absolute atomic E-state index is 3.37. The van der Waals surface area contributed by atoms with Crippen LogP contribution >= 0.6 is 0 Å². The van der Waals surface area contributed by atoms with E-state index in [9.17, 15) is 0 Å². The first-order valence-electron chi connectivity index (χ1n) is 7.04. The highest BCUT2D eigenvalue weighted by molar-refractivity contribution is 4.82. The monoisotopic (exact) mass is 228 g/mol. The zero-order valence-corrected chi connectivity index (χ0v) is 12.1. The smallest absolute Gasteiger partial charge is 0.00498 e. The first kappa shape index (κ1) is 15.9. The van der Waals surface area contributed by atoms with Crippen molar-refractivity contribution in [3.8, 4) is 0 Å². The fourth-order valence-electron chi connectivity index (χ4n) is 2.36. The van der Waals surface area contributed by atoms with Gasteiger partial charge in [-0.1, -0.05) is 34.1 Å². The molecular formula is C14H32N2. The van der Waals surface area contributed by atoms with E-state index in [1.165, 1.54) is 45.3 Å². The van der Waals surface area contributed by atoms with Crippen LogP contribution in [0.3, 0.4) is 0 Å². The average Bonchev–Trinajstić information content (AvgIpc) is 2.33. The molecule has 0 fully saturated rings. The van der Waals surface area contributed by atoms with Gasteiger partial charge in [0.15, 0.2) is 0 Å². The molecule has 0 spiro atoms. The van der Waals surface area contributed by atoms with Gasteiger partial charge in [-0.25, -0.2) is 0 Å². The van der Waals surface area contributed by atoms with E-state index in [0.29, 0.717) is 5.41 Å². The summed E-state index contributed by atoms with van der Waals surface area (Å²) in [5.74, 6) is 0. The van der Waals surface area contributed by atoms with Crippen LogP contribution in [0.2, 0.25) is 0 Å². The molecule has 0 aromatic rings. The van der Waals surface area contributed by atoms with E-state index in [-0.39, 0.29) is 0 Å². The van der Waals surface area contributed by atoms with Gasteiger partial charge in [-0.05, 0) is 44.8 Å². The van der Waals surface area contributed by atoms with Crippen molar-refractivity contribution < 1.29 is 0 Å². The van der Waals surface area contributed by atoms with Crippen molar-refractivity contribution in [2.24, 2.45) is 5.41 Å². The van der Waals surface area contributed by atoms with Crippen LogP contribution in [0, 0.1) is 5.41 Å². The molecule has 0 aliphatic heterocycles. The Kier molecular flexibility index (Phi) is 8.96. The molecule has 0 saturated heterocycles. The van der Waals surface area contributed by atoms with Gasteiger partial charge in [-0.3, -0.25) is 0 Å². The molecule has 0 aliphatic carbocycles. The quantitative estimate of drug-likeness (QED) is 0.618. The maximum atomic E-state index is 3.37. The molecule has 0 atom stereocenters. The first-order valence-corrected chi connectivity index (χ1v) is 7.04. The van der Waals surface area contributed by atoms with Crippen molar-refractivity contribution in [3.63, 3.8) is 0 Å². The molecule has 0 unspecified atom stereocenters. The molecule has 2 nitrogen and oxygen atoms in total. The highest BCUT2D eigenvalue weighted by Gasteiger charge is 2.27. The van der Waals surface area contributed by atoms with Crippen LogP contribution in [-0.2, 0) is 0 Å². The third kappa shape index (κ3) is 5.31. The van der Waals surface area contributed by atoms with Gasteiger partial charge in [-0.2, -0.15) is 0 Å². The minimum absolute atomic E-state index is 0.471. The van der Waals surface area contributed by atoms with E-state index >= 15 is 0 Å². The highest BCUT2D eigenvalue weighted by Crippen LogP contribution is 2.26. The van der Waals surface area contributed by atoms with Gasteiger partial charge < -0.3 is 10.2 Å². The predicted octanol–water partition coefficient (Wildman–Crippen LogP) is 3.13. The van der Waals surface area contributed by atoms with Gasteiger partial charge in [-0.15, -0.1) is 0 Å². The summed E-state index contributed by atoms with van der Waals surface area (Å²) in [5, 5.41) is 3.37. The van der Waals surface area contributed by atoms with Gasteiger partial charge in [0.05, 0.1) is 0 Å².